The molecule has 0 atom stereocenters. The first-order chi connectivity index (χ1) is 13.3. The minimum Gasteiger partial charge on any atom is -0.493 e. The van der Waals surface area contributed by atoms with Gasteiger partial charge in [0.2, 0.25) is 5.06 Å². The Bertz CT molecular complexity index is 858. The first-order valence-electron chi connectivity index (χ1n) is 9.12. The van der Waals surface area contributed by atoms with Crippen molar-refractivity contribution in [1.29, 1.82) is 0 Å². The number of benzene rings is 2. The maximum atomic E-state index is 5.83. The predicted octanol–water partition coefficient (Wildman–Crippen LogP) is 5.02. The molecule has 0 bridgehead atoms. The third-order valence-corrected chi connectivity index (χ3v) is 5.00. The molecule has 0 unspecified atom stereocenters. The van der Waals surface area contributed by atoms with E-state index in [1.54, 1.807) is 6.20 Å². The zero-order valence-electron chi connectivity index (χ0n) is 15.0. The standard InChI is InChI=1S/C21H22N2O3S/c22-12-11-15-3-5-18(6-4-15)25-20-13-23-21(27-20)26-19-9-7-17(8-10-19)24-14-16-1-2-16/h3-10,13,16H,1-2,11-12,14,22H2. The Morgan fingerprint density at radius 2 is 1.59 bits per heavy atom. The van der Waals surface area contributed by atoms with Crippen LogP contribution in [0.15, 0.2) is 54.7 Å². The molecule has 3 aromatic rings. The maximum Gasteiger partial charge on any atom is 0.282 e. The van der Waals surface area contributed by atoms with Gasteiger partial charge in [-0.05, 0) is 85.0 Å². The fourth-order valence-corrected chi connectivity index (χ4v) is 3.21. The molecule has 6 heteroatoms. The number of nitrogens with two attached hydrogens (primary N) is 1. The highest BCUT2D eigenvalue weighted by molar-refractivity contribution is 7.15. The molecule has 0 amide bonds. The van der Waals surface area contributed by atoms with Crippen molar-refractivity contribution < 1.29 is 14.2 Å². The zero-order valence-corrected chi connectivity index (χ0v) is 15.8. The van der Waals surface area contributed by atoms with Crippen LogP contribution in [0.4, 0.5) is 0 Å². The Labute approximate surface area is 162 Å². The second-order valence-electron chi connectivity index (χ2n) is 6.56. The molecule has 1 saturated carbocycles. The summed E-state index contributed by atoms with van der Waals surface area (Å²) in [5.41, 5.74) is 6.76. The summed E-state index contributed by atoms with van der Waals surface area (Å²) in [5, 5.41) is 1.22. The van der Waals surface area contributed by atoms with Crippen molar-refractivity contribution in [3.8, 4) is 27.5 Å². The molecule has 5 nitrogen and oxygen atoms in total. The van der Waals surface area contributed by atoms with Gasteiger partial charge in [0.15, 0.2) is 0 Å². The second-order valence-corrected chi connectivity index (χ2v) is 7.51. The third kappa shape index (κ3) is 5.21. The van der Waals surface area contributed by atoms with Crippen molar-refractivity contribution in [3.05, 3.63) is 60.3 Å². The van der Waals surface area contributed by atoms with E-state index in [0.29, 0.717) is 16.8 Å². The van der Waals surface area contributed by atoms with Crippen LogP contribution >= 0.6 is 11.3 Å². The fourth-order valence-electron chi connectivity index (χ4n) is 2.55. The van der Waals surface area contributed by atoms with Gasteiger partial charge in [-0.1, -0.05) is 12.1 Å². The van der Waals surface area contributed by atoms with Gasteiger partial charge in [-0.2, -0.15) is 0 Å². The van der Waals surface area contributed by atoms with E-state index in [0.717, 1.165) is 36.2 Å². The van der Waals surface area contributed by atoms with Crippen LogP contribution < -0.4 is 19.9 Å². The van der Waals surface area contributed by atoms with Gasteiger partial charge >= 0.3 is 0 Å². The van der Waals surface area contributed by atoms with Crippen LogP contribution in [0.25, 0.3) is 0 Å². The van der Waals surface area contributed by atoms with Gasteiger partial charge in [0.05, 0.1) is 12.8 Å². The lowest BCUT2D eigenvalue weighted by Gasteiger charge is -2.06. The predicted molar refractivity (Wildman–Crippen MR) is 106 cm³/mol. The molecule has 0 saturated heterocycles. The molecule has 1 aliphatic rings. The highest BCUT2D eigenvalue weighted by Crippen LogP contribution is 2.35. The molecule has 4 rings (SSSR count). The Morgan fingerprint density at radius 3 is 2.30 bits per heavy atom. The zero-order chi connectivity index (χ0) is 18.5. The minimum absolute atomic E-state index is 0.538. The van der Waals surface area contributed by atoms with Gasteiger partial charge in [-0.25, -0.2) is 4.98 Å². The monoisotopic (exact) mass is 382 g/mol. The highest BCUT2D eigenvalue weighted by Gasteiger charge is 2.21. The molecule has 0 spiro atoms. The number of hydrogen-bond acceptors (Lipinski definition) is 6. The molecule has 2 aromatic carbocycles. The Balaban J connectivity index is 1.31. The molecule has 140 valence electrons. The molecular weight excluding hydrogens is 360 g/mol. The van der Waals surface area contributed by atoms with Crippen molar-refractivity contribution in [2.24, 2.45) is 11.7 Å². The number of rotatable bonds is 9. The lowest BCUT2D eigenvalue weighted by molar-refractivity contribution is 0.299. The van der Waals surface area contributed by atoms with Crippen LogP contribution in [-0.2, 0) is 6.42 Å². The lowest BCUT2D eigenvalue weighted by Crippen LogP contribution is -2.02. The van der Waals surface area contributed by atoms with Gasteiger partial charge in [-0.3, -0.25) is 0 Å². The average Bonchev–Trinajstić information content (AvgIpc) is 3.42. The average molecular weight is 382 g/mol. The highest BCUT2D eigenvalue weighted by atomic mass is 32.1. The molecule has 1 aliphatic carbocycles. The van der Waals surface area contributed by atoms with Crippen LogP contribution in [-0.4, -0.2) is 18.1 Å². The van der Waals surface area contributed by atoms with E-state index < -0.39 is 0 Å². The van der Waals surface area contributed by atoms with E-state index in [-0.39, 0.29) is 0 Å². The van der Waals surface area contributed by atoms with Crippen LogP contribution in [0, 0.1) is 5.92 Å². The minimum atomic E-state index is 0.538. The topological polar surface area (TPSA) is 66.6 Å². The van der Waals surface area contributed by atoms with E-state index in [1.807, 2.05) is 48.5 Å². The first-order valence-corrected chi connectivity index (χ1v) is 9.93. The largest absolute Gasteiger partial charge is 0.493 e. The van der Waals surface area contributed by atoms with Crippen LogP contribution in [0.5, 0.6) is 27.5 Å². The van der Waals surface area contributed by atoms with E-state index in [9.17, 15) is 0 Å². The Morgan fingerprint density at radius 1 is 0.926 bits per heavy atom. The quantitative estimate of drug-likeness (QED) is 0.563. The smallest absolute Gasteiger partial charge is 0.282 e. The summed E-state index contributed by atoms with van der Waals surface area (Å²) in [7, 11) is 0. The van der Waals surface area contributed by atoms with Crippen LogP contribution in [0.3, 0.4) is 0 Å². The SMILES string of the molecule is NCCc1ccc(Oc2cnc(Oc3ccc(OCC4CC4)cc3)s2)cc1. The van der Waals surface area contributed by atoms with Crippen molar-refractivity contribution in [2.75, 3.05) is 13.2 Å². The fraction of sp³-hybridized carbons (Fsp3) is 0.286. The summed E-state index contributed by atoms with van der Waals surface area (Å²) in [5.74, 6) is 3.10. The lowest BCUT2D eigenvalue weighted by atomic mass is 10.1. The van der Waals surface area contributed by atoms with Crippen molar-refractivity contribution in [1.82, 2.24) is 4.98 Å². The van der Waals surface area contributed by atoms with Gasteiger partial charge < -0.3 is 19.9 Å². The van der Waals surface area contributed by atoms with E-state index in [4.69, 9.17) is 19.9 Å². The Kier molecular flexibility index (Phi) is 5.55. The summed E-state index contributed by atoms with van der Waals surface area (Å²) >= 11 is 1.36. The summed E-state index contributed by atoms with van der Waals surface area (Å²) in [6.07, 6.45) is 5.10. The number of thiazole rings is 1. The van der Waals surface area contributed by atoms with Gasteiger partial charge in [0.25, 0.3) is 5.19 Å². The van der Waals surface area contributed by atoms with E-state index >= 15 is 0 Å². The molecule has 27 heavy (non-hydrogen) atoms. The number of nitrogens with zero attached hydrogens (tertiary/aromatic N) is 1. The van der Waals surface area contributed by atoms with Crippen molar-refractivity contribution in [2.45, 2.75) is 19.3 Å². The van der Waals surface area contributed by atoms with E-state index in [2.05, 4.69) is 4.98 Å². The summed E-state index contributed by atoms with van der Waals surface area (Å²) in [6.45, 7) is 1.45. The molecule has 1 fully saturated rings. The third-order valence-electron chi connectivity index (χ3n) is 4.25. The normalized spacial score (nSPS) is 13.4. The van der Waals surface area contributed by atoms with Gasteiger partial charge in [-0.15, -0.1) is 0 Å². The maximum absolute atomic E-state index is 5.83. The summed E-state index contributed by atoms with van der Waals surface area (Å²) in [6, 6.07) is 15.5. The second kappa shape index (κ2) is 8.41. The first kappa shape index (κ1) is 17.8. The van der Waals surface area contributed by atoms with E-state index in [1.165, 1.54) is 29.7 Å². The Hall–Kier alpha value is -2.57. The number of ether oxygens (including phenoxy) is 3. The molecular formula is C21H22N2O3S. The van der Waals surface area contributed by atoms with Crippen molar-refractivity contribution in [3.63, 3.8) is 0 Å². The number of hydrogen-bond donors (Lipinski definition) is 1. The van der Waals surface area contributed by atoms with Crippen LogP contribution in [0.1, 0.15) is 18.4 Å². The van der Waals surface area contributed by atoms with Crippen molar-refractivity contribution >= 4 is 11.3 Å². The molecule has 0 aliphatic heterocycles. The van der Waals surface area contributed by atoms with Gasteiger partial charge in [0, 0.05) is 0 Å². The summed E-state index contributed by atoms with van der Waals surface area (Å²) in [4.78, 5) is 4.27. The molecule has 1 aromatic heterocycles. The molecule has 0 radical (unpaired) electrons. The number of aromatic nitrogens is 1. The van der Waals surface area contributed by atoms with Gasteiger partial charge in [0.1, 0.15) is 17.2 Å². The summed E-state index contributed by atoms with van der Waals surface area (Å²) < 4.78 is 17.4. The van der Waals surface area contributed by atoms with Crippen LogP contribution in [0.2, 0.25) is 0 Å². The molecule has 2 N–H and O–H groups in total. The molecule has 1 heterocycles.